The van der Waals surface area contributed by atoms with E-state index in [1.165, 1.54) is 6.07 Å². The summed E-state index contributed by atoms with van der Waals surface area (Å²) in [5.41, 5.74) is 7.35. The highest BCUT2D eigenvalue weighted by Gasteiger charge is 2.10. The van der Waals surface area contributed by atoms with E-state index in [1.807, 2.05) is 19.1 Å². The Balaban J connectivity index is 2.15. The lowest BCUT2D eigenvalue weighted by molar-refractivity contribution is 0.301. The van der Waals surface area contributed by atoms with Crippen molar-refractivity contribution in [2.24, 2.45) is 5.73 Å². The van der Waals surface area contributed by atoms with Gasteiger partial charge in [0.05, 0.1) is 6.20 Å². The first-order valence-electron chi connectivity index (χ1n) is 6.31. The Morgan fingerprint density at radius 3 is 2.90 bits per heavy atom. The molecule has 1 atom stereocenters. The Bertz CT molecular complexity index is 590. The van der Waals surface area contributed by atoms with Gasteiger partial charge in [0.2, 0.25) is 0 Å². The number of rotatable bonds is 5. The van der Waals surface area contributed by atoms with Gasteiger partial charge in [-0.1, -0.05) is 17.7 Å². The van der Waals surface area contributed by atoms with Crippen LogP contribution in [0.25, 0.3) is 0 Å². The number of pyridine rings is 1. The molecule has 0 saturated carbocycles. The summed E-state index contributed by atoms with van der Waals surface area (Å²) in [6.07, 6.45) is 3.35. The molecule has 3 nitrogen and oxygen atoms in total. The Hall–Kier alpha value is -1.65. The molecule has 0 spiro atoms. The SMILES string of the molecule is CC(N)Cc1c(Cl)cccc1OCc1cncc(F)c1. The van der Waals surface area contributed by atoms with E-state index in [0.29, 0.717) is 22.8 Å². The topological polar surface area (TPSA) is 48.1 Å². The summed E-state index contributed by atoms with van der Waals surface area (Å²) >= 11 is 6.17. The Morgan fingerprint density at radius 1 is 1.40 bits per heavy atom. The largest absolute Gasteiger partial charge is 0.489 e. The van der Waals surface area contributed by atoms with Crippen LogP contribution in [-0.2, 0) is 13.0 Å². The van der Waals surface area contributed by atoms with Gasteiger partial charge in [0, 0.05) is 28.4 Å². The van der Waals surface area contributed by atoms with E-state index >= 15 is 0 Å². The number of aromatic nitrogens is 1. The molecule has 1 aromatic heterocycles. The molecule has 1 heterocycles. The molecular formula is C15H16ClFN2O. The Labute approximate surface area is 122 Å². The molecule has 2 N–H and O–H groups in total. The molecule has 0 aliphatic heterocycles. The van der Waals surface area contributed by atoms with Gasteiger partial charge in [-0.3, -0.25) is 4.98 Å². The van der Waals surface area contributed by atoms with Crippen LogP contribution in [0.5, 0.6) is 5.75 Å². The lowest BCUT2D eigenvalue weighted by Crippen LogP contribution is -2.18. The van der Waals surface area contributed by atoms with Gasteiger partial charge in [-0.2, -0.15) is 0 Å². The van der Waals surface area contributed by atoms with E-state index in [-0.39, 0.29) is 18.5 Å². The summed E-state index contributed by atoms with van der Waals surface area (Å²) in [5, 5.41) is 0.622. The molecule has 0 saturated heterocycles. The van der Waals surface area contributed by atoms with Crippen LogP contribution < -0.4 is 10.5 Å². The molecule has 20 heavy (non-hydrogen) atoms. The first kappa shape index (κ1) is 14.8. The second-order valence-electron chi connectivity index (χ2n) is 4.70. The van der Waals surface area contributed by atoms with Crippen LogP contribution in [0.1, 0.15) is 18.1 Å². The quantitative estimate of drug-likeness (QED) is 0.920. The average Bonchev–Trinajstić information content (AvgIpc) is 2.39. The summed E-state index contributed by atoms with van der Waals surface area (Å²) in [7, 11) is 0. The third-order valence-electron chi connectivity index (χ3n) is 2.76. The van der Waals surface area contributed by atoms with E-state index in [0.717, 1.165) is 11.8 Å². The van der Waals surface area contributed by atoms with Crippen LogP contribution in [0.4, 0.5) is 4.39 Å². The molecule has 1 unspecified atom stereocenters. The van der Waals surface area contributed by atoms with Crippen LogP contribution >= 0.6 is 11.6 Å². The van der Waals surface area contributed by atoms with Gasteiger partial charge in [-0.15, -0.1) is 0 Å². The summed E-state index contributed by atoms with van der Waals surface area (Å²) < 4.78 is 18.8. The summed E-state index contributed by atoms with van der Waals surface area (Å²) in [5.74, 6) is 0.284. The van der Waals surface area contributed by atoms with Crippen molar-refractivity contribution in [1.82, 2.24) is 4.98 Å². The van der Waals surface area contributed by atoms with Crippen molar-refractivity contribution in [3.63, 3.8) is 0 Å². The zero-order valence-electron chi connectivity index (χ0n) is 11.1. The van der Waals surface area contributed by atoms with Gasteiger partial charge >= 0.3 is 0 Å². The highest BCUT2D eigenvalue weighted by molar-refractivity contribution is 6.31. The number of hydrogen-bond donors (Lipinski definition) is 1. The molecular weight excluding hydrogens is 279 g/mol. The monoisotopic (exact) mass is 294 g/mol. The van der Waals surface area contributed by atoms with Crippen molar-refractivity contribution in [3.8, 4) is 5.75 Å². The smallest absolute Gasteiger partial charge is 0.141 e. The van der Waals surface area contributed by atoms with Crippen molar-refractivity contribution in [1.29, 1.82) is 0 Å². The number of hydrogen-bond acceptors (Lipinski definition) is 3. The van der Waals surface area contributed by atoms with E-state index in [2.05, 4.69) is 4.98 Å². The fourth-order valence-corrected chi connectivity index (χ4v) is 2.13. The van der Waals surface area contributed by atoms with Gasteiger partial charge in [-0.25, -0.2) is 4.39 Å². The zero-order chi connectivity index (χ0) is 14.5. The summed E-state index contributed by atoms with van der Waals surface area (Å²) in [4.78, 5) is 3.78. The molecule has 106 valence electrons. The molecule has 0 bridgehead atoms. The summed E-state index contributed by atoms with van der Waals surface area (Å²) in [6, 6.07) is 6.81. The van der Waals surface area contributed by atoms with Gasteiger partial charge in [0.1, 0.15) is 18.2 Å². The van der Waals surface area contributed by atoms with Gasteiger partial charge in [-0.05, 0) is 31.5 Å². The Kier molecular flexibility index (Phi) is 4.93. The summed E-state index contributed by atoms with van der Waals surface area (Å²) in [6.45, 7) is 2.14. The minimum absolute atomic E-state index is 0.0203. The maximum Gasteiger partial charge on any atom is 0.141 e. The van der Waals surface area contributed by atoms with Crippen LogP contribution in [0.15, 0.2) is 36.7 Å². The minimum atomic E-state index is -0.381. The lowest BCUT2D eigenvalue weighted by atomic mass is 10.1. The van der Waals surface area contributed by atoms with Crippen molar-refractivity contribution in [2.75, 3.05) is 0 Å². The minimum Gasteiger partial charge on any atom is -0.489 e. The van der Waals surface area contributed by atoms with E-state index in [4.69, 9.17) is 22.1 Å². The maximum absolute atomic E-state index is 13.1. The Morgan fingerprint density at radius 2 is 2.20 bits per heavy atom. The first-order valence-corrected chi connectivity index (χ1v) is 6.69. The number of nitrogens with two attached hydrogens (primary N) is 1. The number of halogens is 2. The molecule has 0 amide bonds. The van der Waals surface area contributed by atoms with Crippen LogP contribution in [0.3, 0.4) is 0 Å². The second-order valence-corrected chi connectivity index (χ2v) is 5.11. The molecule has 0 fully saturated rings. The molecule has 2 rings (SSSR count). The second kappa shape index (κ2) is 6.68. The van der Waals surface area contributed by atoms with Crippen molar-refractivity contribution in [3.05, 3.63) is 58.6 Å². The lowest BCUT2D eigenvalue weighted by Gasteiger charge is -2.14. The fourth-order valence-electron chi connectivity index (χ4n) is 1.89. The van der Waals surface area contributed by atoms with Crippen LogP contribution in [-0.4, -0.2) is 11.0 Å². The van der Waals surface area contributed by atoms with Gasteiger partial charge in [0.25, 0.3) is 0 Å². The number of nitrogens with zero attached hydrogens (tertiary/aromatic N) is 1. The third kappa shape index (κ3) is 3.92. The highest BCUT2D eigenvalue weighted by Crippen LogP contribution is 2.28. The molecule has 0 radical (unpaired) electrons. The zero-order valence-corrected chi connectivity index (χ0v) is 11.9. The predicted octanol–water partition coefficient (Wildman–Crippen LogP) is 3.34. The van der Waals surface area contributed by atoms with E-state index in [9.17, 15) is 4.39 Å². The van der Waals surface area contributed by atoms with Gasteiger partial charge < -0.3 is 10.5 Å². The molecule has 0 aliphatic rings. The van der Waals surface area contributed by atoms with Crippen LogP contribution in [0.2, 0.25) is 5.02 Å². The van der Waals surface area contributed by atoms with Crippen molar-refractivity contribution < 1.29 is 9.13 Å². The third-order valence-corrected chi connectivity index (χ3v) is 3.11. The van der Waals surface area contributed by atoms with Crippen molar-refractivity contribution in [2.45, 2.75) is 26.0 Å². The maximum atomic E-state index is 13.1. The first-order chi connectivity index (χ1) is 9.56. The molecule has 0 aliphatic carbocycles. The number of ether oxygens (including phenoxy) is 1. The molecule has 5 heteroatoms. The molecule has 2 aromatic rings. The fraction of sp³-hybridized carbons (Fsp3) is 0.267. The van der Waals surface area contributed by atoms with Crippen molar-refractivity contribution >= 4 is 11.6 Å². The molecule has 1 aromatic carbocycles. The average molecular weight is 295 g/mol. The predicted molar refractivity (Wildman–Crippen MR) is 77.3 cm³/mol. The highest BCUT2D eigenvalue weighted by atomic mass is 35.5. The number of benzene rings is 1. The van der Waals surface area contributed by atoms with E-state index in [1.54, 1.807) is 12.3 Å². The van der Waals surface area contributed by atoms with E-state index < -0.39 is 0 Å². The van der Waals surface area contributed by atoms with Gasteiger partial charge in [0.15, 0.2) is 0 Å². The standard InChI is InChI=1S/C15H16ClFN2O/c1-10(18)5-13-14(16)3-2-4-15(13)20-9-11-6-12(17)8-19-7-11/h2-4,6-8,10H,5,9,18H2,1H3. The van der Waals surface area contributed by atoms with Crippen LogP contribution in [0, 0.1) is 5.82 Å². The normalized spacial score (nSPS) is 12.2.